The lowest BCUT2D eigenvalue weighted by atomic mass is 10.3. The average molecular weight is 303 g/mol. The van der Waals surface area contributed by atoms with Crippen molar-refractivity contribution >= 4 is 23.8 Å². The summed E-state index contributed by atoms with van der Waals surface area (Å²) in [4.78, 5) is 22.1. The van der Waals surface area contributed by atoms with Crippen LogP contribution in [0.25, 0.3) is 0 Å². The van der Waals surface area contributed by atoms with Crippen molar-refractivity contribution in [3.05, 3.63) is 47.9 Å². The Morgan fingerprint density at radius 1 is 1.23 bits per heavy atom. The number of aryl methyl sites for hydroxylation is 1. The van der Waals surface area contributed by atoms with Crippen LogP contribution in [0.4, 0.5) is 16.2 Å². The molecule has 0 unspecified atom stereocenters. The highest BCUT2D eigenvalue weighted by Crippen LogP contribution is 2.13. The number of benzene rings is 1. The van der Waals surface area contributed by atoms with Gasteiger partial charge in [-0.3, -0.25) is 10.0 Å². The standard InChI is InChI=1S/C15H17N3O4/c1-11-2-7-14(22-11)8-9-18(21)15(20)17-13-5-3-12(4-6-13)16-10-19/h2-7,10,21H,8-9H2,1H3,(H,16,19)(H,17,20). The van der Waals surface area contributed by atoms with Crippen LogP contribution in [-0.4, -0.2) is 29.3 Å². The van der Waals surface area contributed by atoms with E-state index in [4.69, 9.17) is 4.42 Å². The van der Waals surface area contributed by atoms with Crippen molar-refractivity contribution in [2.24, 2.45) is 0 Å². The molecule has 2 aromatic rings. The molecule has 1 aromatic carbocycles. The zero-order valence-corrected chi connectivity index (χ0v) is 12.1. The first kappa shape index (κ1) is 15.6. The van der Waals surface area contributed by atoms with E-state index in [2.05, 4.69) is 10.6 Å². The van der Waals surface area contributed by atoms with Crippen molar-refractivity contribution in [1.82, 2.24) is 5.06 Å². The number of carbonyl (C=O) groups is 2. The first-order valence-electron chi connectivity index (χ1n) is 6.71. The van der Waals surface area contributed by atoms with Crippen LogP contribution in [-0.2, 0) is 11.2 Å². The normalized spacial score (nSPS) is 10.1. The van der Waals surface area contributed by atoms with E-state index in [9.17, 15) is 14.8 Å². The largest absolute Gasteiger partial charge is 0.466 e. The molecule has 0 aliphatic heterocycles. The summed E-state index contributed by atoms with van der Waals surface area (Å²) in [5.74, 6) is 1.49. The van der Waals surface area contributed by atoms with Crippen molar-refractivity contribution in [2.75, 3.05) is 17.2 Å². The van der Waals surface area contributed by atoms with Gasteiger partial charge in [0.05, 0.1) is 6.54 Å². The predicted octanol–water partition coefficient (Wildman–Crippen LogP) is 2.62. The van der Waals surface area contributed by atoms with Gasteiger partial charge in [0, 0.05) is 17.8 Å². The number of hydroxylamine groups is 2. The zero-order chi connectivity index (χ0) is 15.9. The molecule has 0 fully saturated rings. The number of rotatable bonds is 6. The Morgan fingerprint density at radius 2 is 1.91 bits per heavy atom. The number of anilines is 2. The van der Waals surface area contributed by atoms with Gasteiger partial charge in [-0.2, -0.15) is 0 Å². The van der Waals surface area contributed by atoms with Gasteiger partial charge in [-0.25, -0.2) is 9.86 Å². The molecular formula is C15H17N3O4. The lowest BCUT2D eigenvalue weighted by Crippen LogP contribution is -2.33. The molecule has 0 radical (unpaired) electrons. The van der Waals surface area contributed by atoms with Gasteiger partial charge in [0.1, 0.15) is 11.5 Å². The van der Waals surface area contributed by atoms with Crippen molar-refractivity contribution in [1.29, 1.82) is 0 Å². The third kappa shape index (κ3) is 4.35. The molecule has 0 spiro atoms. The molecule has 116 valence electrons. The maximum atomic E-state index is 11.8. The molecule has 22 heavy (non-hydrogen) atoms. The maximum absolute atomic E-state index is 11.8. The molecule has 3 N–H and O–H groups in total. The molecule has 0 aliphatic rings. The monoisotopic (exact) mass is 303 g/mol. The molecular weight excluding hydrogens is 286 g/mol. The zero-order valence-electron chi connectivity index (χ0n) is 12.1. The lowest BCUT2D eigenvalue weighted by molar-refractivity contribution is -0.105. The highest BCUT2D eigenvalue weighted by atomic mass is 16.5. The van der Waals surface area contributed by atoms with Crippen LogP contribution in [0, 0.1) is 6.92 Å². The molecule has 0 aliphatic carbocycles. The minimum absolute atomic E-state index is 0.115. The first-order valence-corrected chi connectivity index (χ1v) is 6.71. The Balaban J connectivity index is 1.83. The summed E-state index contributed by atoms with van der Waals surface area (Å²) >= 11 is 0. The molecule has 7 heteroatoms. The van der Waals surface area contributed by atoms with Gasteiger partial charge in [-0.1, -0.05) is 0 Å². The molecule has 0 saturated carbocycles. The number of hydrogen-bond acceptors (Lipinski definition) is 4. The molecule has 0 atom stereocenters. The maximum Gasteiger partial charge on any atom is 0.345 e. The van der Waals surface area contributed by atoms with Gasteiger partial charge in [0.15, 0.2) is 0 Å². The molecule has 7 nitrogen and oxygen atoms in total. The Morgan fingerprint density at radius 3 is 2.50 bits per heavy atom. The molecule has 2 rings (SSSR count). The minimum Gasteiger partial charge on any atom is -0.466 e. The number of nitrogens with one attached hydrogen (secondary N) is 2. The Bertz CT molecular complexity index is 636. The molecule has 1 aromatic heterocycles. The van der Waals surface area contributed by atoms with Gasteiger partial charge in [-0.05, 0) is 43.3 Å². The highest BCUT2D eigenvalue weighted by Gasteiger charge is 2.12. The second kappa shape index (κ2) is 7.28. The summed E-state index contributed by atoms with van der Waals surface area (Å²) < 4.78 is 5.36. The van der Waals surface area contributed by atoms with E-state index in [-0.39, 0.29) is 6.54 Å². The number of carbonyl (C=O) groups excluding carboxylic acids is 2. The van der Waals surface area contributed by atoms with E-state index >= 15 is 0 Å². The fraction of sp³-hybridized carbons (Fsp3) is 0.200. The minimum atomic E-state index is -0.639. The second-order valence-corrected chi connectivity index (χ2v) is 4.66. The Kier molecular flexibility index (Phi) is 5.16. The number of hydrogen-bond donors (Lipinski definition) is 3. The van der Waals surface area contributed by atoms with Crippen molar-refractivity contribution in [3.8, 4) is 0 Å². The number of amides is 3. The number of furan rings is 1. The number of urea groups is 1. The SMILES string of the molecule is Cc1ccc(CCN(O)C(=O)Nc2ccc(NC=O)cc2)o1. The predicted molar refractivity (Wildman–Crippen MR) is 80.8 cm³/mol. The smallest absolute Gasteiger partial charge is 0.345 e. The van der Waals surface area contributed by atoms with Crippen LogP contribution in [0.5, 0.6) is 0 Å². The van der Waals surface area contributed by atoms with Crippen LogP contribution in [0.15, 0.2) is 40.8 Å². The van der Waals surface area contributed by atoms with Crippen LogP contribution in [0.3, 0.4) is 0 Å². The third-order valence-electron chi connectivity index (χ3n) is 2.96. The molecule has 0 saturated heterocycles. The summed E-state index contributed by atoms with van der Waals surface area (Å²) in [6.07, 6.45) is 0.985. The van der Waals surface area contributed by atoms with Crippen LogP contribution < -0.4 is 10.6 Å². The summed E-state index contributed by atoms with van der Waals surface area (Å²) in [5.41, 5.74) is 1.12. The van der Waals surface area contributed by atoms with E-state index in [0.29, 0.717) is 35.0 Å². The Hall–Kier alpha value is -2.80. The second-order valence-electron chi connectivity index (χ2n) is 4.66. The van der Waals surface area contributed by atoms with Crippen LogP contribution in [0.1, 0.15) is 11.5 Å². The van der Waals surface area contributed by atoms with Crippen LogP contribution in [0.2, 0.25) is 0 Å². The fourth-order valence-electron chi connectivity index (χ4n) is 1.84. The topological polar surface area (TPSA) is 94.8 Å². The summed E-state index contributed by atoms with van der Waals surface area (Å²) in [5, 5.41) is 15.3. The average Bonchev–Trinajstić information content (AvgIpc) is 2.92. The third-order valence-corrected chi connectivity index (χ3v) is 2.96. The van der Waals surface area contributed by atoms with Crippen molar-refractivity contribution < 1.29 is 19.2 Å². The molecule has 3 amide bonds. The fourth-order valence-corrected chi connectivity index (χ4v) is 1.84. The first-order chi connectivity index (χ1) is 10.6. The van der Waals surface area contributed by atoms with Crippen molar-refractivity contribution in [2.45, 2.75) is 13.3 Å². The van der Waals surface area contributed by atoms with Crippen LogP contribution >= 0.6 is 0 Å². The summed E-state index contributed by atoms with van der Waals surface area (Å²) in [7, 11) is 0. The van der Waals surface area contributed by atoms with Gasteiger partial charge in [-0.15, -0.1) is 0 Å². The van der Waals surface area contributed by atoms with Gasteiger partial charge < -0.3 is 15.1 Å². The Labute approximate surface area is 127 Å². The molecule has 1 heterocycles. The highest BCUT2D eigenvalue weighted by molar-refractivity contribution is 5.88. The van der Waals surface area contributed by atoms with E-state index in [0.717, 1.165) is 5.76 Å². The quantitative estimate of drug-likeness (QED) is 0.434. The summed E-state index contributed by atoms with van der Waals surface area (Å²) in [6.45, 7) is 1.94. The van der Waals surface area contributed by atoms with Gasteiger partial charge in [0.2, 0.25) is 6.41 Å². The van der Waals surface area contributed by atoms with Crippen molar-refractivity contribution in [3.63, 3.8) is 0 Å². The van der Waals surface area contributed by atoms with Gasteiger partial charge in [0.25, 0.3) is 0 Å². The number of nitrogens with zero attached hydrogens (tertiary/aromatic N) is 1. The van der Waals surface area contributed by atoms with Gasteiger partial charge >= 0.3 is 6.03 Å². The lowest BCUT2D eigenvalue weighted by Gasteiger charge is -2.15. The van der Waals surface area contributed by atoms with E-state index in [1.165, 1.54) is 0 Å². The van der Waals surface area contributed by atoms with E-state index < -0.39 is 6.03 Å². The summed E-state index contributed by atoms with van der Waals surface area (Å²) in [6, 6.07) is 9.50. The van der Waals surface area contributed by atoms with E-state index in [1.54, 1.807) is 30.3 Å². The molecule has 0 bridgehead atoms. The van der Waals surface area contributed by atoms with E-state index in [1.807, 2.05) is 13.0 Å².